The largest absolute Gasteiger partial charge is 0.274 e. The number of sulfonamides is 1. The van der Waals surface area contributed by atoms with Gasteiger partial charge in [0.1, 0.15) is 5.82 Å². The first kappa shape index (κ1) is 24.5. The van der Waals surface area contributed by atoms with Gasteiger partial charge in [-0.25, -0.2) is 30.5 Å². The van der Waals surface area contributed by atoms with Gasteiger partial charge in [0.05, 0.1) is 21.9 Å². The molecule has 2 aliphatic rings. The van der Waals surface area contributed by atoms with Crippen LogP contribution in [-0.2, 0) is 25.5 Å². The Balaban J connectivity index is 1.44. The van der Waals surface area contributed by atoms with Gasteiger partial charge in [0.2, 0.25) is 10.0 Å². The molecule has 37 heavy (non-hydrogen) atoms. The van der Waals surface area contributed by atoms with E-state index in [-0.39, 0.29) is 27.8 Å². The normalized spacial score (nSPS) is 24.8. The summed E-state index contributed by atoms with van der Waals surface area (Å²) >= 11 is 0. The molecule has 0 bridgehead atoms. The van der Waals surface area contributed by atoms with E-state index in [0.29, 0.717) is 29.8 Å². The van der Waals surface area contributed by atoms with E-state index >= 15 is 0 Å². The molecule has 3 atom stereocenters. The van der Waals surface area contributed by atoms with Crippen LogP contribution in [0.5, 0.6) is 0 Å². The molecule has 12 heteroatoms. The van der Waals surface area contributed by atoms with Gasteiger partial charge in [-0.3, -0.25) is 4.40 Å². The molecule has 4 aromatic rings. The first-order chi connectivity index (χ1) is 17.5. The maximum Gasteiger partial charge on any atom is 0.269 e. The van der Waals surface area contributed by atoms with Crippen LogP contribution in [0.25, 0.3) is 16.8 Å². The third-order valence-corrected chi connectivity index (χ3v) is 11.7. The highest BCUT2D eigenvalue weighted by molar-refractivity contribution is 7.90. The Morgan fingerprint density at radius 3 is 2.49 bits per heavy atom. The van der Waals surface area contributed by atoms with Gasteiger partial charge in [0.25, 0.3) is 10.0 Å². The van der Waals surface area contributed by atoms with Crippen LogP contribution >= 0.6 is 0 Å². The average Bonchev–Trinajstić information content (AvgIpc) is 3.36. The van der Waals surface area contributed by atoms with Gasteiger partial charge in [-0.2, -0.15) is 0 Å². The van der Waals surface area contributed by atoms with Crippen molar-refractivity contribution in [3.05, 3.63) is 54.1 Å². The summed E-state index contributed by atoms with van der Waals surface area (Å²) in [6.07, 6.45) is 6.64. The Morgan fingerprint density at radius 1 is 1.08 bits per heavy atom. The molecule has 0 spiro atoms. The maximum absolute atomic E-state index is 13.5. The number of nitrogens with one attached hydrogen (secondary N) is 1. The van der Waals surface area contributed by atoms with E-state index in [9.17, 15) is 16.8 Å². The summed E-state index contributed by atoms with van der Waals surface area (Å²) in [6.45, 7) is 6.11. The fraction of sp³-hybridized carbons (Fsp3) is 0.480. The smallest absolute Gasteiger partial charge is 0.269 e. The molecule has 10 nitrogen and oxygen atoms in total. The third kappa shape index (κ3) is 3.88. The van der Waals surface area contributed by atoms with Crippen molar-refractivity contribution in [3.63, 3.8) is 0 Å². The lowest BCUT2D eigenvalue weighted by atomic mass is 9.77. The van der Waals surface area contributed by atoms with Gasteiger partial charge in [-0.15, -0.1) is 10.2 Å². The van der Waals surface area contributed by atoms with Crippen LogP contribution in [0.2, 0.25) is 0 Å². The van der Waals surface area contributed by atoms with Crippen molar-refractivity contribution in [2.75, 3.05) is 0 Å². The summed E-state index contributed by atoms with van der Waals surface area (Å²) in [5.74, 6) is 0.869. The van der Waals surface area contributed by atoms with Gasteiger partial charge >= 0.3 is 0 Å². The van der Waals surface area contributed by atoms with E-state index in [1.165, 1.54) is 16.4 Å². The Morgan fingerprint density at radius 2 is 1.81 bits per heavy atom. The monoisotopic (exact) mass is 542 g/mol. The molecule has 0 radical (unpaired) electrons. The van der Waals surface area contributed by atoms with Gasteiger partial charge in [-0.05, 0) is 56.7 Å². The number of aryl methyl sites for hydroxylation is 1. The minimum absolute atomic E-state index is 0.174. The van der Waals surface area contributed by atoms with Crippen molar-refractivity contribution < 1.29 is 16.8 Å². The number of aromatic nitrogens is 5. The summed E-state index contributed by atoms with van der Waals surface area (Å²) in [6, 6.07) is 8.25. The molecule has 2 fully saturated rings. The Hall–Kier alpha value is -2.83. The molecule has 1 N–H and O–H groups in total. The third-order valence-electron chi connectivity index (χ3n) is 8.05. The number of rotatable bonds is 7. The van der Waals surface area contributed by atoms with E-state index in [0.717, 1.165) is 24.8 Å². The lowest BCUT2D eigenvalue weighted by molar-refractivity contribution is 0.315. The molecule has 2 saturated carbocycles. The lowest BCUT2D eigenvalue weighted by Crippen LogP contribution is -2.36. The standard InChI is InChI=1S/C25H30N6O4S2/c1-4-17-13-18(29-36(32,33)19-9-10-19)14-25(17,3)24-28-27-22-15-26-23-21(31(22)24)11-12-30(23)37(34,35)20-7-5-16(2)6-8-20/h5-8,11-12,15,17-19,29H,4,9-10,13-14H2,1-3H3/t17-,18+,25+/m1/s1. The minimum Gasteiger partial charge on any atom is -0.274 e. The summed E-state index contributed by atoms with van der Waals surface area (Å²) in [7, 11) is -7.17. The lowest BCUT2D eigenvalue weighted by Gasteiger charge is -2.29. The van der Waals surface area contributed by atoms with E-state index < -0.39 is 25.5 Å². The average molecular weight is 543 g/mol. The van der Waals surface area contributed by atoms with Crippen LogP contribution in [0.15, 0.2) is 47.6 Å². The summed E-state index contributed by atoms with van der Waals surface area (Å²) in [5.41, 5.74) is 1.90. The number of hydrogen-bond donors (Lipinski definition) is 1. The molecule has 3 heterocycles. The van der Waals surface area contributed by atoms with Crippen molar-refractivity contribution in [2.45, 2.75) is 74.5 Å². The Labute approximate surface area is 216 Å². The van der Waals surface area contributed by atoms with E-state index in [1.807, 2.05) is 11.3 Å². The van der Waals surface area contributed by atoms with E-state index in [4.69, 9.17) is 0 Å². The van der Waals surface area contributed by atoms with Gasteiger partial charge in [-0.1, -0.05) is 38.0 Å². The molecular weight excluding hydrogens is 512 g/mol. The first-order valence-electron chi connectivity index (χ1n) is 12.6. The van der Waals surface area contributed by atoms with Crippen molar-refractivity contribution in [2.24, 2.45) is 5.92 Å². The summed E-state index contributed by atoms with van der Waals surface area (Å²) < 4.78 is 58.2. The maximum atomic E-state index is 13.5. The van der Waals surface area contributed by atoms with Crippen molar-refractivity contribution in [1.29, 1.82) is 0 Å². The van der Waals surface area contributed by atoms with Gasteiger partial charge < -0.3 is 0 Å². The molecule has 196 valence electrons. The van der Waals surface area contributed by atoms with Crippen LogP contribution < -0.4 is 4.72 Å². The molecule has 2 aliphatic carbocycles. The molecule has 6 rings (SSSR count). The highest BCUT2D eigenvalue weighted by atomic mass is 32.2. The van der Waals surface area contributed by atoms with Crippen molar-refractivity contribution in [1.82, 2.24) is 28.3 Å². The van der Waals surface area contributed by atoms with E-state index in [1.54, 1.807) is 30.3 Å². The number of benzene rings is 1. The second kappa shape index (κ2) is 8.34. The molecule has 1 aromatic carbocycles. The van der Waals surface area contributed by atoms with Crippen LogP contribution in [0.3, 0.4) is 0 Å². The number of nitrogens with zero attached hydrogens (tertiary/aromatic N) is 5. The minimum atomic E-state index is -3.86. The fourth-order valence-electron chi connectivity index (χ4n) is 5.87. The summed E-state index contributed by atoms with van der Waals surface area (Å²) in [5, 5.41) is 8.64. The Bertz CT molecular complexity index is 1720. The predicted octanol–water partition coefficient (Wildman–Crippen LogP) is 3.15. The number of fused-ring (bicyclic) bond motifs is 3. The molecule has 3 aromatic heterocycles. The van der Waals surface area contributed by atoms with Crippen LogP contribution in [0.4, 0.5) is 0 Å². The zero-order chi connectivity index (χ0) is 26.2. The predicted molar refractivity (Wildman–Crippen MR) is 139 cm³/mol. The van der Waals surface area contributed by atoms with E-state index in [2.05, 4.69) is 33.8 Å². The molecule has 0 saturated heterocycles. The Kier molecular flexibility index (Phi) is 5.52. The highest BCUT2D eigenvalue weighted by Crippen LogP contribution is 2.47. The number of hydrogen-bond acceptors (Lipinski definition) is 7. The van der Waals surface area contributed by atoms with Gasteiger partial charge in [0.15, 0.2) is 11.3 Å². The zero-order valence-electron chi connectivity index (χ0n) is 21.0. The molecular formula is C25H30N6O4S2. The van der Waals surface area contributed by atoms with Crippen molar-refractivity contribution >= 4 is 36.9 Å². The van der Waals surface area contributed by atoms with Crippen LogP contribution in [-0.4, -0.2) is 51.7 Å². The second-order valence-electron chi connectivity index (χ2n) is 10.6. The quantitative estimate of drug-likeness (QED) is 0.380. The topological polar surface area (TPSA) is 128 Å². The van der Waals surface area contributed by atoms with Crippen molar-refractivity contribution in [3.8, 4) is 0 Å². The molecule has 0 amide bonds. The van der Waals surface area contributed by atoms with Gasteiger partial charge in [0, 0.05) is 17.7 Å². The SMILES string of the molecule is CC[C@@H]1C[C@H](NS(=O)(=O)C2CC2)C[C@]1(C)c1nnc2cnc3c(ccn3S(=O)(=O)c3ccc(C)cc3)n12. The molecule has 0 unspecified atom stereocenters. The fourth-order valence-corrected chi connectivity index (χ4v) is 8.76. The molecule has 0 aliphatic heterocycles. The second-order valence-corrected chi connectivity index (χ2v) is 14.4. The highest BCUT2D eigenvalue weighted by Gasteiger charge is 2.49. The zero-order valence-corrected chi connectivity index (χ0v) is 22.6. The summed E-state index contributed by atoms with van der Waals surface area (Å²) in [4.78, 5) is 4.62. The van der Waals surface area contributed by atoms with Crippen LogP contribution in [0.1, 0.15) is 57.3 Å². The van der Waals surface area contributed by atoms with Crippen LogP contribution in [0, 0.1) is 12.8 Å². The first-order valence-corrected chi connectivity index (χ1v) is 15.6.